The van der Waals surface area contributed by atoms with Crippen molar-refractivity contribution in [1.29, 1.82) is 0 Å². The van der Waals surface area contributed by atoms with Gasteiger partial charge in [-0.05, 0) is 31.4 Å². The molecule has 2 aromatic heterocycles. The van der Waals surface area contributed by atoms with Gasteiger partial charge in [0.1, 0.15) is 12.2 Å². The Morgan fingerprint density at radius 3 is 3.04 bits per heavy atom. The molecule has 1 N–H and O–H groups in total. The summed E-state index contributed by atoms with van der Waals surface area (Å²) in [6, 6.07) is 4.34. The normalized spacial score (nSPS) is 17.9. The van der Waals surface area contributed by atoms with Crippen molar-refractivity contribution in [2.24, 2.45) is 7.05 Å². The molecule has 1 aliphatic heterocycles. The Kier molecular flexibility index (Phi) is 5.17. The number of carbonyl (C=O) groups excluding carboxylic acids is 1. The second-order valence-corrected chi connectivity index (χ2v) is 6.27. The number of rotatable bonds is 5. The van der Waals surface area contributed by atoms with E-state index in [0.29, 0.717) is 13.1 Å². The van der Waals surface area contributed by atoms with Crippen molar-refractivity contribution in [3.05, 3.63) is 36.2 Å². The van der Waals surface area contributed by atoms with Gasteiger partial charge < -0.3 is 19.4 Å². The lowest BCUT2D eigenvalue weighted by Gasteiger charge is -2.36. The zero-order valence-corrected chi connectivity index (χ0v) is 14.5. The molecule has 7 heteroatoms. The highest BCUT2D eigenvalue weighted by molar-refractivity contribution is 5.74. The van der Waals surface area contributed by atoms with E-state index in [1.54, 1.807) is 6.33 Å². The Labute approximate surface area is 142 Å². The van der Waals surface area contributed by atoms with Gasteiger partial charge in [0.2, 0.25) is 0 Å². The van der Waals surface area contributed by atoms with Gasteiger partial charge in [0.25, 0.3) is 0 Å². The van der Waals surface area contributed by atoms with E-state index in [1.807, 2.05) is 28.8 Å². The van der Waals surface area contributed by atoms with E-state index < -0.39 is 0 Å². The van der Waals surface area contributed by atoms with Gasteiger partial charge in [-0.3, -0.25) is 0 Å². The molecule has 3 rings (SSSR count). The van der Waals surface area contributed by atoms with Gasteiger partial charge in [-0.1, -0.05) is 6.92 Å². The van der Waals surface area contributed by atoms with Gasteiger partial charge >= 0.3 is 6.03 Å². The zero-order chi connectivity index (χ0) is 16.9. The van der Waals surface area contributed by atoms with E-state index in [4.69, 9.17) is 0 Å². The Morgan fingerprint density at radius 2 is 2.29 bits per heavy atom. The molecule has 1 unspecified atom stereocenters. The average molecular weight is 330 g/mol. The first-order valence-electron chi connectivity index (χ1n) is 8.73. The van der Waals surface area contributed by atoms with Crippen LogP contribution in [0.1, 0.15) is 43.7 Å². The van der Waals surface area contributed by atoms with Crippen LogP contribution in [0.25, 0.3) is 0 Å². The summed E-state index contributed by atoms with van der Waals surface area (Å²) in [5.41, 5.74) is 1.21. The summed E-state index contributed by atoms with van der Waals surface area (Å²) < 4.78 is 4.10. The van der Waals surface area contributed by atoms with Crippen LogP contribution in [0, 0.1) is 0 Å². The maximum atomic E-state index is 12.7. The Morgan fingerprint density at radius 1 is 1.42 bits per heavy atom. The van der Waals surface area contributed by atoms with Crippen molar-refractivity contribution in [1.82, 2.24) is 29.5 Å². The summed E-state index contributed by atoms with van der Waals surface area (Å²) in [4.78, 5) is 14.6. The highest BCUT2D eigenvalue weighted by Gasteiger charge is 2.29. The van der Waals surface area contributed by atoms with Crippen molar-refractivity contribution in [3.8, 4) is 0 Å². The van der Waals surface area contributed by atoms with Crippen LogP contribution in [0.4, 0.5) is 4.79 Å². The number of carbonyl (C=O) groups is 1. The molecule has 0 aliphatic carbocycles. The first kappa shape index (κ1) is 16.5. The molecule has 1 fully saturated rings. The molecule has 2 amide bonds. The Bertz CT molecular complexity index is 676. The van der Waals surface area contributed by atoms with Gasteiger partial charge in [-0.25, -0.2) is 4.79 Å². The molecule has 3 heterocycles. The number of nitrogens with one attached hydrogen (secondary N) is 1. The van der Waals surface area contributed by atoms with Gasteiger partial charge in [0.05, 0.1) is 6.04 Å². The first-order valence-corrected chi connectivity index (χ1v) is 8.73. The molecule has 0 radical (unpaired) electrons. The number of likely N-dealkylation sites (tertiary alicyclic amines) is 1. The predicted molar refractivity (Wildman–Crippen MR) is 91.5 cm³/mol. The van der Waals surface area contributed by atoms with E-state index in [9.17, 15) is 4.79 Å². The van der Waals surface area contributed by atoms with E-state index in [-0.39, 0.29) is 12.1 Å². The topological polar surface area (TPSA) is 68.0 Å². The third kappa shape index (κ3) is 3.44. The molecule has 130 valence electrons. The van der Waals surface area contributed by atoms with Crippen LogP contribution < -0.4 is 5.32 Å². The number of aryl methyl sites for hydroxylation is 2. The predicted octanol–water partition coefficient (Wildman–Crippen LogP) is 2.12. The fourth-order valence-electron chi connectivity index (χ4n) is 3.43. The number of urea groups is 1. The van der Waals surface area contributed by atoms with Gasteiger partial charge in [0, 0.05) is 45.0 Å². The maximum absolute atomic E-state index is 12.7. The second-order valence-electron chi connectivity index (χ2n) is 6.27. The lowest BCUT2D eigenvalue weighted by atomic mass is 10.00. The molecule has 1 aliphatic rings. The van der Waals surface area contributed by atoms with Gasteiger partial charge in [-0.2, -0.15) is 0 Å². The van der Waals surface area contributed by atoms with Crippen LogP contribution in [-0.4, -0.2) is 43.4 Å². The summed E-state index contributed by atoms with van der Waals surface area (Å²) in [7, 11) is 2.04. The van der Waals surface area contributed by atoms with E-state index in [1.165, 1.54) is 12.1 Å². The summed E-state index contributed by atoms with van der Waals surface area (Å²) in [6.45, 7) is 4.15. The molecule has 0 bridgehead atoms. The minimum absolute atomic E-state index is 0.0204. The van der Waals surface area contributed by atoms with E-state index >= 15 is 0 Å². The van der Waals surface area contributed by atoms with Crippen LogP contribution in [0.2, 0.25) is 0 Å². The SMILES string of the molecule is CCc1nncn1CCNC(=O)N1CCCCC1c1cccn1C. The fourth-order valence-corrected chi connectivity index (χ4v) is 3.43. The largest absolute Gasteiger partial charge is 0.353 e. The maximum Gasteiger partial charge on any atom is 0.318 e. The third-order valence-corrected chi connectivity index (χ3v) is 4.73. The molecule has 0 aromatic carbocycles. The second kappa shape index (κ2) is 7.51. The zero-order valence-electron chi connectivity index (χ0n) is 14.5. The number of aromatic nitrogens is 4. The fraction of sp³-hybridized carbons (Fsp3) is 0.588. The Hall–Kier alpha value is -2.31. The van der Waals surface area contributed by atoms with E-state index in [2.05, 4.69) is 33.1 Å². The quantitative estimate of drug-likeness (QED) is 0.913. The van der Waals surface area contributed by atoms with Crippen molar-refractivity contribution in [2.45, 2.75) is 45.2 Å². The van der Waals surface area contributed by atoms with Crippen LogP contribution in [0.15, 0.2) is 24.7 Å². The summed E-state index contributed by atoms with van der Waals surface area (Å²) >= 11 is 0. The minimum atomic E-state index is 0.0204. The number of hydrogen-bond donors (Lipinski definition) is 1. The highest BCUT2D eigenvalue weighted by atomic mass is 16.2. The van der Waals surface area contributed by atoms with Crippen molar-refractivity contribution < 1.29 is 4.79 Å². The van der Waals surface area contributed by atoms with Crippen LogP contribution >= 0.6 is 0 Å². The number of piperidine rings is 1. The first-order chi connectivity index (χ1) is 11.7. The molecule has 24 heavy (non-hydrogen) atoms. The molecule has 0 saturated carbocycles. The average Bonchev–Trinajstić information content (AvgIpc) is 3.23. The lowest BCUT2D eigenvalue weighted by molar-refractivity contribution is 0.148. The molecule has 7 nitrogen and oxygen atoms in total. The van der Waals surface area contributed by atoms with Crippen molar-refractivity contribution >= 4 is 6.03 Å². The van der Waals surface area contributed by atoms with Gasteiger partial charge in [0.15, 0.2) is 0 Å². The van der Waals surface area contributed by atoms with Crippen LogP contribution in [0.5, 0.6) is 0 Å². The minimum Gasteiger partial charge on any atom is -0.353 e. The van der Waals surface area contributed by atoms with E-state index in [0.717, 1.165) is 31.6 Å². The third-order valence-electron chi connectivity index (χ3n) is 4.73. The van der Waals surface area contributed by atoms with Crippen LogP contribution in [0.3, 0.4) is 0 Å². The molecular weight excluding hydrogens is 304 g/mol. The summed E-state index contributed by atoms with van der Waals surface area (Å²) in [6.07, 6.45) is 7.86. The lowest BCUT2D eigenvalue weighted by Crippen LogP contribution is -2.45. The Balaban J connectivity index is 1.59. The summed E-state index contributed by atoms with van der Waals surface area (Å²) in [5.74, 6) is 0.948. The molecule has 1 saturated heterocycles. The molecular formula is C17H26N6O. The highest BCUT2D eigenvalue weighted by Crippen LogP contribution is 2.30. The summed E-state index contributed by atoms with van der Waals surface area (Å²) in [5, 5.41) is 11.0. The van der Waals surface area contributed by atoms with Crippen molar-refractivity contribution in [2.75, 3.05) is 13.1 Å². The van der Waals surface area contributed by atoms with Crippen molar-refractivity contribution in [3.63, 3.8) is 0 Å². The number of amides is 2. The van der Waals surface area contributed by atoms with Crippen LogP contribution in [-0.2, 0) is 20.0 Å². The number of nitrogens with zero attached hydrogens (tertiary/aromatic N) is 5. The smallest absolute Gasteiger partial charge is 0.318 e. The van der Waals surface area contributed by atoms with Gasteiger partial charge in [-0.15, -0.1) is 10.2 Å². The molecule has 0 spiro atoms. The molecule has 1 atom stereocenters. The molecule has 2 aromatic rings. The standard InChI is InChI=1S/C17H26N6O/c1-3-16-20-19-13-22(16)12-9-18-17(24)23-11-5-4-7-15(23)14-8-6-10-21(14)2/h6,8,10,13,15H,3-5,7,9,11-12H2,1-2H3,(H,18,24). The monoisotopic (exact) mass is 330 g/mol. The number of hydrogen-bond acceptors (Lipinski definition) is 3.